The Bertz CT molecular complexity index is 626. The van der Waals surface area contributed by atoms with Crippen molar-refractivity contribution >= 4 is 11.5 Å². The third-order valence-electron chi connectivity index (χ3n) is 3.16. The summed E-state index contributed by atoms with van der Waals surface area (Å²) in [4.78, 5) is 14.8. The van der Waals surface area contributed by atoms with Crippen molar-refractivity contribution in [1.29, 1.82) is 0 Å². The van der Waals surface area contributed by atoms with Gasteiger partial charge in [-0.1, -0.05) is 31.2 Å². The number of aryl methyl sites for hydroxylation is 2. The van der Waals surface area contributed by atoms with Gasteiger partial charge in [0, 0.05) is 18.3 Å². The van der Waals surface area contributed by atoms with Crippen LogP contribution in [0, 0.1) is 17.0 Å². The van der Waals surface area contributed by atoms with Crippen LogP contribution >= 0.6 is 0 Å². The average molecular weight is 271 g/mol. The molecule has 0 amide bonds. The number of nitrogens with one attached hydrogen (secondary N) is 1. The van der Waals surface area contributed by atoms with E-state index in [1.165, 1.54) is 11.6 Å². The van der Waals surface area contributed by atoms with Gasteiger partial charge in [-0.3, -0.25) is 10.1 Å². The largest absolute Gasteiger partial charge is 0.360 e. The highest BCUT2D eigenvalue weighted by atomic mass is 16.6. The summed E-state index contributed by atoms with van der Waals surface area (Å²) in [5.74, 6) is 0.320. The second-order valence-electron chi connectivity index (χ2n) is 4.55. The number of anilines is 1. The van der Waals surface area contributed by atoms with Crippen molar-refractivity contribution in [3.63, 3.8) is 0 Å². The number of hydrogen-bond donors (Lipinski definition) is 1. The molecule has 0 radical (unpaired) electrons. The van der Waals surface area contributed by atoms with Gasteiger partial charge < -0.3 is 5.32 Å². The Morgan fingerprint density at radius 3 is 2.55 bits per heavy atom. The van der Waals surface area contributed by atoms with Gasteiger partial charge >= 0.3 is 5.69 Å². The fourth-order valence-electron chi connectivity index (χ4n) is 2.08. The zero-order valence-electron chi connectivity index (χ0n) is 11.6. The Balaban J connectivity index is 2.22. The Labute approximate surface area is 117 Å². The minimum Gasteiger partial charge on any atom is -0.360 e. The molecular formula is C15H17N3O2. The maximum Gasteiger partial charge on any atom is 0.311 e. The van der Waals surface area contributed by atoms with Crippen LogP contribution in [-0.4, -0.2) is 9.91 Å². The first kappa shape index (κ1) is 14.0. The second-order valence-corrected chi connectivity index (χ2v) is 4.55. The minimum atomic E-state index is -0.416. The van der Waals surface area contributed by atoms with Crippen LogP contribution in [0.1, 0.15) is 23.7 Å². The molecule has 1 heterocycles. The van der Waals surface area contributed by atoms with Crippen molar-refractivity contribution in [3.8, 4) is 0 Å². The number of nitrogens with zero attached hydrogens (tertiary/aromatic N) is 2. The summed E-state index contributed by atoms with van der Waals surface area (Å²) in [5.41, 5.74) is 3.12. The lowest BCUT2D eigenvalue weighted by molar-refractivity contribution is -0.384. The van der Waals surface area contributed by atoms with E-state index in [1.807, 2.05) is 25.1 Å². The molecule has 2 aromatic rings. The fraction of sp³-hybridized carbons (Fsp3) is 0.267. The monoisotopic (exact) mass is 271 g/mol. The van der Waals surface area contributed by atoms with Crippen LogP contribution in [0.5, 0.6) is 0 Å². The minimum absolute atomic E-state index is 0.00424. The van der Waals surface area contributed by atoms with E-state index in [2.05, 4.69) is 23.3 Å². The quantitative estimate of drug-likeness (QED) is 0.667. The van der Waals surface area contributed by atoms with Gasteiger partial charge in [-0.15, -0.1) is 0 Å². The molecule has 0 saturated carbocycles. The summed E-state index contributed by atoms with van der Waals surface area (Å²) in [5, 5.41) is 14.1. The van der Waals surface area contributed by atoms with E-state index in [4.69, 9.17) is 0 Å². The molecule has 2 rings (SSSR count). The first-order chi connectivity index (χ1) is 9.61. The molecule has 1 N–H and O–H groups in total. The maximum atomic E-state index is 11.0. The first-order valence-electron chi connectivity index (χ1n) is 6.54. The van der Waals surface area contributed by atoms with E-state index < -0.39 is 4.92 Å². The molecule has 0 spiro atoms. The van der Waals surface area contributed by atoms with E-state index in [0.29, 0.717) is 12.4 Å². The molecule has 0 aliphatic carbocycles. The van der Waals surface area contributed by atoms with Crippen molar-refractivity contribution in [1.82, 2.24) is 4.98 Å². The molecule has 0 unspecified atom stereocenters. The van der Waals surface area contributed by atoms with E-state index in [0.717, 1.165) is 17.7 Å². The fourth-order valence-corrected chi connectivity index (χ4v) is 2.08. The summed E-state index contributed by atoms with van der Waals surface area (Å²) < 4.78 is 0. The highest BCUT2D eigenvalue weighted by Gasteiger charge is 2.15. The summed E-state index contributed by atoms with van der Waals surface area (Å²) in [6.45, 7) is 4.43. The lowest BCUT2D eigenvalue weighted by atomic mass is 10.1. The van der Waals surface area contributed by atoms with E-state index in [9.17, 15) is 10.1 Å². The van der Waals surface area contributed by atoms with Gasteiger partial charge in [0.05, 0.1) is 4.92 Å². The maximum absolute atomic E-state index is 11.0. The molecule has 0 fully saturated rings. The molecule has 0 bridgehead atoms. The lowest BCUT2D eigenvalue weighted by Crippen LogP contribution is -2.07. The molecule has 104 valence electrons. The smallest absolute Gasteiger partial charge is 0.311 e. The third-order valence-corrected chi connectivity index (χ3v) is 3.16. The standard InChI is InChI=1S/C15H17N3O2/c1-3-12-6-4-5-7-13(12)10-16-15-14(18(19)20)9-8-11(2)17-15/h4-9H,3,10H2,1-2H3,(H,16,17). The Hall–Kier alpha value is -2.43. The third kappa shape index (κ3) is 3.12. The highest BCUT2D eigenvalue weighted by molar-refractivity contribution is 5.56. The lowest BCUT2D eigenvalue weighted by Gasteiger charge is -2.10. The number of aromatic nitrogens is 1. The van der Waals surface area contributed by atoms with Crippen molar-refractivity contribution in [2.75, 3.05) is 5.32 Å². The topological polar surface area (TPSA) is 68.1 Å². The van der Waals surface area contributed by atoms with Gasteiger partial charge in [0.1, 0.15) is 0 Å². The zero-order valence-corrected chi connectivity index (χ0v) is 11.6. The van der Waals surface area contributed by atoms with Crippen LogP contribution in [0.2, 0.25) is 0 Å². The van der Waals surface area contributed by atoms with Gasteiger partial charge in [-0.2, -0.15) is 0 Å². The molecule has 1 aromatic heterocycles. The second kappa shape index (κ2) is 6.14. The average Bonchev–Trinajstić information content (AvgIpc) is 2.45. The van der Waals surface area contributed by atoms with Crippen LogP contribution in [0.3, 0.4) is 0 Å². The van der Waals surface area contributed by atoms with Crippen molar-refractivity contribution in [3.05, 3.63) is 63.3 Å². The molecule has 0 atom stereocenters. The van der Waals surface area contributed by atoms with Gasteiger partial charge in [-0.05, 0) is 30.5 Å². The number of rotatable bonds is 5. The Kier molecular flexibility index (Phi) is 4.30. The molecule has 20 heavy (non-hydrogen) atoms. The van der Waals surface area contributed by atoms with Crippen molar-refractivity contribution in [2.45, 2.75) is 26.8 Å². The summed E-state index contributed by atoms with van der Waals surface area (Å²) in [6.07, 6.45) is 0.932. The molecule has 5 nitrogen and oxygen atoms in total. The van der Waals surface area contributed by atoms with Crippen LogP contribution in [0.15, 0.2) is 36.4 Å². The molecule has 0 saturated heterocycles. The number of nitro groups is 1. The van der Waals surface area contributed by atoms with Crippen LogP contribution < -0.4 is 5.32 Å². The number of pyridine rings is 1. The van der Waals surface area contributed by atoms with Gasteiger partial charge in [0.15, 0.2) is 0 Å². The van der Waals surface area contributed by atoms with E-state index in [-0.39, 0.29) is 5.69 Å². The van der Waals surface area contributed by atoms with Crippen LogP contribution in [0.4, 0.5) is 11.5 Å². The molecule has 0 aliphatic heterocycles. The molecule has 1 aromatic carbocycles. The van der Waals surface area contributed by atoms with Gasteiger partial charge in [0.2, 0.25) is 5.82 Å². The molecule has 0 aliphatic rings. The number of benzene rings is 1. The highest BCUT2D eigenvalue weighted by Crippen LogP contribution is 2.23. The summed E-state index contributed by atoms with van der Waals surface area (Å²) in [7, 11) is 0. The Morgan fingerprint density at radius 1 is 1.20 bits per heavy atom. The Morgan fingerprint density at radius 2 is 1.90 bits per heavy atom. The summed E-state index contributed by atoms with van der Waals surface area (Å²) in [6, 6.07) is 11.2. The SMILES string of the molecule is CCc1ccccc1CNc1nc(C)ccc1[N+](=O)[O-]. The van der Waals surface area contributed by atoms with E-state index in [1.54, 1.807) is 6.07 Å². The van der Waals surface area contributed by atoms with Gasteiger partial charge in [-0.25, -0.2) is 4.98 Å². The van der Waals surface area contributed by atoms with Crippen molar-refractivity contribution < 1.29 is 4.92 Å². The normalized spacial score (nSPS) is 10.3. The predicted molar refractivity (Wildman–Crippen MR) is 78.8 cm³/mol. The predicted octanol–water partition coefficient (Wildman–Crippen LogP) is 3.47. The van der Waals surface area contributed by atoms with Gasteiger partial charge in [0.25, 0.3) is 0 Å². The molecule has 5 heteroatoms. The van der Waals surface area contributed by atoms with Crippen LogP contribution in [-0.2, 0) is 13.0 Å². The first-order valence-corrected chi connectivity index (χ1v) is 6.54. The zero-order chi connectivity index (χ0) is 14.5. The number of hydrogen-bond acceptors (Lipinski definition) is 4. The summed E-state index contributed by atoms with van der Waals surface area (Å²) >= 11 is 0. The van der Waals surface area contributed by atoms with Crippen LogP contribution in [0.25, 0.3) is 0 Å². The molecular weight excluding hydrogens is 254 g/mol. The van der Waals surface area contributed by atoms with Crippen molar-refractivity contribution in [2.24, 2.45) is 0 Å². The van der Waals surface area contributed by atoms with E-state index >= 15 is 0 Å².